The van der Waals surface area contributed by atoms with Crippen molar-refractivity contribution in [1.29, 1.82) is 0 Å². The van der Waals surface area contributed by atoms with Crippen LogP contribution in [0.15, 0.2) is 60.7 Å². The summed E-state index contributed by atoms with van der Waals surface area (Å²) in [6.45, 7) is 4.24. The lowest BCUT2D eigenvalue weighted by atomic mass is 9.93. The Morgan fingerprint density at radius 3 is 2.28 bits per heavy atom. The highest BCUT2D eigenvalue weighted by Crippen LogP contribution is 2.48. The lowest BCUT2D eigenvalue weighted by Gasteiger charge is -2.37. The van der Waals surface area contributed by atoms with Gasteiger partial charge in [0.2, 0.25) is 0 Å². The second kappa shape index (κ2) is 8.14. The second-order valence-corrected chi connectivity index (χ2v) is 7.46. The van der Waals surface area contributed by atoms with Crippen molar-refractivity contribution in [2.75, 3.05) is 13.7 Å². The van der Waals surface area contributed by atoms with Crippen molar-refractivity contribution in [3.63, 3.8) is 0 Å². The number of hydrogen-bond donors (Lipinski definition) is 0. The van der Waals surface area contributed by atoms with Crippen LogP contribution in [-0.2, 0) is 18.9 Å². The summed E-state index contributed by atoms with van der Waals surface area (Å²) in [4.78, 5) is 14.9. The molecule has 0 aromatic heterocycles. The fourth-order valence-electron chi connectivity index (χ4n) is 4.40. The third kappa shape index (κ3) is 3.64. The van der Waals surface area contributed by atoms with E-state index in [1.165, 1.54) is 0 Å². The van der Waals surface area contributed by atoms with Crippen molar-refractivity contribution in [2.45, 2.75) is 50.5 Å². The van der Waals surface area contributed by atoms with E-state index >= 15 is 0 Å². The predicted molar refractivity (Wildman–Crippen MR) is 107 cm³/mol. The average Bonchev–Trinajstić information content (AvgIpc) is 3.26. The molecule has 1 unspecified atom stereocenters. The summed E-state index contributed by atoms with van der Waals surface area (Å²) >= 11 is 0. The van der Waals surface area contributed by atoms with Gasteiger partial charge < -0.3 is 18.9 Å². The molecule has 2 aromatic carbocycles. The van der Waals surface area contributed by atoms with Crippen LogP contribution < -0.4 is 0 Å². The first-order valence-corrected chi connectivity index (χ1v) is 10.0. The Balaban J connectivity index is 1.77. The summed E-state index contributed by atoms with van der Waals surface area (Å²) in [5.74, 6) is -0.979. The van der Waals surface area contributed by atoms with Crippen LogP contribution in [0.5, 0.6) is 0 Å². The number of methoxy groups -OCH3 is 1. The topological polar surface area (TPSA) is 57.2 Å². The monoisotopic (exact) mass is 397 g/mol. The van der Waals surface area contributed by atoms with Crippen LogP contribution >= 0.6 is 0 Å². The van der Waals surface area contributed by atoms with Crippen molar-refractivity contribution >= 4 is 6.09 Å². The summed E-state index contributed by atoms with van der Waals surface area (Å²) in [5.41, 5.74) is 1.96. The van der Waals surface area contributed by atoms with Gasteiger partial charge in [0, 0.05) is 20.1 Å². The molecule has 2 fully saturated rings. The molecule has 0 radical (unpaired) electrons. The van der Waals surface area contributed by atoms with Crippen LogP contribution in [-0.4, -0.2) is 42.8 Å². The normalized spacial score (nSPS) is 31.8. The molecule has 0 bridgehead atoms. The Kier molecular flexibility index (Phi) is 5.58. The fourth-order valence-corrected chi connectivity index (χ4v) is 4.40. The SMILES string of the molecule is CCO[C@]1(C)OC(OC)C[C@H]1N1C(=O)O[C@@H](c2ccccc2)[C@H]1c1ccccc1. The quantitative estimate of drug-likeness (QED) is 0.721. The van der Waals surface area contributed by atoms with Crippen molar-refractivity contribution in [1.82, 2.24) is 4.90 Å². The zero-order valence-electron chi connectivity index (χ0n) is 17.0. The number of amides is 1. The van der Waals surface area contributed by atoms with Gasteiger partial charge in [-0.3, -0.25) is 4.90 Å². The number of nitrogens with zero attached hydrogens (tertiary/aromatic N) is 1. The maximum Gasteiger partial charge on any atom is 0.411 e. The number of cyclic esters (lactones) is 1. The molecule has 6 nitrogen and oxygen atoms in total. The van der Waals surface area contributed by atoms with Crippen LogP contribution in [0.4, 0.5) is 4.79 Å². The maximum absolute atomic E-state index is 13.2. The Bertz CT molecular complexity index is 830. The third-order valence-corrected chi connectivity index (χ3v) is 5.71. The minimum absolute atomic E-state index is 0.296. The Morgan fingerprint density at radius 1 is 1.07 bits per heavy atom. The van der Waals surface area contributed by atoms with E-state index in [2.05, 4.69) is 0 Å². The number of carbonyl (C=O) groups is 1. The van der Waals surface area contributed by atoms with Crippen molar-refractivity contribution in [3.8, 4) is 0 Å². The van der Waals surface area contributed by atoms with E-state index in [4.69, 9.17) is 18.9 Å². The molecule has 1 amide bonds. The summed E-state index contributed by atoms with van der Waals surface area (Å²) in [6, 6.07) is 19.2. The minimum Gasteiger partial charge on any atom is -0.439 e. The second-order valence-electron chi connectivity index (χ2n) is 7.46. The van der Waals surface area contributed by atoms with Crippen molar-refractivity contribution in [3.05, 3.63) is 71.8 Å². The lowest BCUT2D eigenvalue weighted by Crippen LogP contribution is -2.51. The smallest absolute Gasteiger partial charge is 0.411 e. The summed E-state index contributed by atoms with van der Waals surface area (Å²) in [7, 11) is 1.60. The van der Waals surface area contributed by atoms with Crippen molar-refractivity contribution < 1.29 is 23.7 Å². The molecule has 6 heteroatoms. The van der Waals surface area contributed by atoms with Gasteiger partial charge in [0.1, 0.15) is 6.04 Å². The average molecular weight is 397 g/mol. The zero-order chi connectivity index (χ0) is 20.4. The molecule has 2 heterocycles. The first kappa shape index (κ1) is 19.9. The van der Waals surface area contributed by atoms with E-state index in [9.17, 15) is 4.79 Å². The van der Waals surface area contributed by atoms with E-state index in [-0.39, 0.29) is 18.2 Å². The van der Waals surface area contributed by atoms with Crippen LogP contribution in [0.25, 0.3) is 0 Å². The summed E-state index contributed by atoms with van der Waals surface area (Å²) < 4.78 is 23.4. The number of ether oxygens (including phenoxy) is 4. The molecule has 4 rings (SSSR count). The first-order valence-electron chi connectivity index (χ1n) is 10.0. The molecule has 2 aliphatic rings. The van der Waals surface area contributed by atoms with Crippen LogP contribution in [0.1, 0.15) is 43.5 Å². The van der Waals surface area contributed by atoms with E-state index in [0.717, 1.165) is 11.1 Å². The van der Waals surface area contributed by atoms with Gasteiger partial charge in [0.05, 0.1) is 6.04 Å². The lowest BCUT2D eigenvalue weighted by molar-refractivity contribution is -0.266. The zero-order valence-corrected chi connectivity index (χ0v) is 17.0. The molecule has 29 heavy (non-hydrogen) atoms. The van der Waals surface area contributed by atoms with Gasteiger partial charge in [-0.2, -0.15) is 0 Å². The van der Waals surface area contributed by atoms with E-state index in [1.807, 2.05) is 74.5 Å². The van der Waals surface area contributed by atoms with Crippen molar-refractivity contribution in [2.24, 2.45) is 0 Å². The number of hydrogen-bond acceptors (Lipinski definition) is 5. The number of benzene rings is 2. The largest absolute Gasteiger partial charge is 0.439 e. The van der Waals surface area contributed by atoms with E-state index in [0.29, 0.717) is 13.0 Å². The van der Waals surface area contributed by atoms with Gasteiger partial charge in [-0.15, -0.1) is 0 Å². The third-order valence-electron chi connectivity index (χ3n) is 5.71. The standard InChI is InChI=1S/C23H27NO5/c1-4-27-23(2)18(15-19(26-3)29-23)24-20(16-11-7-5-8-12-16)21(28-22(24)25)17-13-9-6-10-14-17/h5-14,18-21H,4,15H2,1-3H3/t18-,19?,20-,21+,23-/m1/s1. The van der Waals surface area contributed by atoms with E-state index in [1.54, 1.807) is 12.0 Å². The summed E-state index contributed by atoms with van der Waals surface area (Å²) in [6.07, 6.45) is -0.730. The van der Waals surface area contributed by atoms with Gasteiger partial charge in [-0.05, 0) is 25.0 Å². The van der Waals surface area contributed by atoms with Gasteiger partial charge in [-0.25, -0.2) is 4.79 Å². The maximum atomic E-state index is 13.2. The van der Waals surface area contributed by atoms with Crippen LogP contribution in [0.2, 0.25) is 0 Å². The molecule has 154 valence electrons. The molecule has 0 saturated carbocycles. The molecule has 2 aromatic rings. The molecule has 2 saturated heterocycles. The molecule has 0 spiro atoms. The molecular formula is C23H27NO5. The number of carbonyl (C=O) groups excluding carboxylic acids is 1. The van der Waals surface area contributed by atoms with Gasteiger partial charge in [-0.1, -0.05) is 60.7 Å². The Labute approximate surface area is 171 Å². The molecule has 5 atom stereocenters. The first-order chi connectivity index (χ1) is 14.1. The van der Waals surface area contributed by atoms with Gasteiger partial charge >= 0.3 is 6.09 Å². The summed E-state index contributed by atoms with van der Waals surface area (Å²) in [5, 5.41) is 0. The van der Waals surface area contributed by atoms with Gasteiger partial charge in [0.25, 0.3) is 0 Å². The fraction of sp³-hybridized carbons (Fsp3) is 0.435. The Morgan fingerprint density at radius 2 is 1.69 bits per heavy atom. The number of rotatable bonds is 6. The molecule has 0 aliphatic carbocycles. The Hall–Kier alpha value is -2.41. The van der Waals surface area contributed by atoms with Crippen LogP contribution in [0.3, 0.4) is 0 Å². The predicted octanol–water partition coefficient (Wildman–Crippen LogP) is 4.44. The minimum atomic E-state index is -0.979. The highest BCUT2D eigenvalue weighted by atomic mass is 16.8. The van der Waals surface area contributed by atoms with Crippen LogP contribution in [0, 0.1) is 0 Å². The van der Waals surface area contributed by atoms with Gasteiger partial charge in [0.15, 0.2) is 18.2 Å². The van der Waals surface area contributed by atoms with E-state index < -0.39 is 18.2 Å². The highest BCUT2D eigenvalue weighted by molar-refractivity contribution is 5.72. The highest BCUT2D eigenvalue weighted by Gasteiger charge is 2.57. The molecular weight excluding hydrogens is 370 g/mol. The molecule has 0 N–H and O–H groups in total. The molecule has 2 aliphatic heterocycles.